The molecule has 28 heavy (non-hydrogen) atoms. The molecule has 1 N–H and O–H groups in total. The van der Waals surface area contributed by atoms with Crippen LogP contribution < -0.4 is 9.46 Å². The fraction of sp³-hybridized carbons (Fsp3) is 0.350. The molecule has 0 atom stereocenters. The third kappa shape index (κ3) is 4.10. The Morgan fingerprint density at radius 3 is 2.36 bits per heavy atom. The molecule has 0 unspecified atom stereocenters. The number of halogens is 1. The van der Waals surface area contributed by atoms with Gasteiger partial charge in [-0.1, -0.05) is 23.7 Å². The minimum Gasteiger partial charge on any atom is -0.492 e. The Morgan fingerprint density at radius 2 is 1.79 bits per heavy atom. The average molecular weight is 424 g/mol. The summed E-state index contributed by atoms with van der Waals surface area (Å²) in [5.74, 6) is -0.00104. The van der Waals surface area contributed by atoms with E-state index in [1.54, 1.807) is 44.2 Å². The second kappa shape index (κ2) is 8.01. The maximum atomic E-state index is 12.8. The molecule has 0 saturated heterocycles. The van der Waals surface area contributed by atoms with Gasteiger partial charge in [0.25, 0.3) is 10.0 Å². The second-order valence-corrected chi connectivity index (χ2v) is 8.60. The molecule has 1 aliphatic rings. The van der Waals surface area contributed by atoms with Crippen molar-refractivity contribution < 1.29 is 22.7 Å². The molecule has 3 rings (SSSR count). The molecule has 0 aromatic heterocycles. The van der Waals surface area contributed by atoms with Crippen LogP contribution in [0.5, 0.6) is 5.75 Å². The molecular formula is C20H22ClNO5S. The second-order valence-electron chi connectivity index (χ2n) is 6.51. The van der Waals surface area contributed by atoms with E-state index in [9.17, 15) is 13.2 Å². The van der Waals surface area contributed by atoms with Crippen molar-refractivity contribution >= 4 is 33.3 Å². The first-order valence-corrected chi connectivity index (χ1v) is 10.9. The molecule has 1 saturated carbocycles. The fourth-order valence-corrected chi connectivity index (χ4v) is 4.51. The van der Waals surface area contributed by atoms with Crippen molar-refractivity contribution in [1.29, 1.82) is 0 Å². The highest BCUT2D eigenvalue weighted by Gasteiger charge is 2.52. The minimum atomic E-state index is -3.90. The van der Waals surface area contributed by atoms with Crippen LogP contribution in [0, 0.1) is 0 Å². The van der Waals surface area contributed by atoms with Crippen molar-refractivity contribution in [1.82, 2.24) is 0 Å². The molecule has 0 radical (unpaired) electrons. The summed E-state index contributed by atoms with van der Waals surface area (Å²) in [7, 11) is -3.90. The first-order chi connectivity index (χ1) is 13.3. The van der Waals surface area contributed by atoms with Crippen LogP contribution in [0.25, 0.3) is 0 Å². The van der Waals surface area contributed by atoms with E-state index in [2.05, 4.69) is 4.72 Å². The Bertz CT molecular complexity index is 969. The molecule has 0 amide bonds. The highest BCUT2D eigenvalue weighted by Crippen LogP contribution is 2.49. The van der Waals surface area contributed by atoms with Crippen molar-refractivity contribution in [2.24, 2.45) is 0 Å². The number of ether oxygens (including phenoxy) is 2. The first kappa shape index (κ1) is 20.5. The van der Waals surface area contributed by atoms with Crippen molar-refractivity contribution in [3.05, 3.63) is 53.1 Å². The molecule has 0 bridgehead atoms. The first-order valence-electron chi connectivity index (χ1n) is 9.05. The molecule has 0 heterocycles. The van der Waals surface area contributed by atoms with Gasteiger partial charge in [-0.15, -0.1) is 0 Å². The SMILES string of the molecule is CCOC(=O)C1(c2ccc(NS(=O)(=O)c3cc(Cl)ccc3OCC)cc2)CC1. The minimum absolute atomic E-state index is 0.0314. The maximum absolute atomic E-state index is 12.8. The van der Waals surface area contributed by atoms with Crippen LogP contribution in [-0.4, -0.2) is 27.6 Å². The summed E-state index contributed by atoms with van der Waals surface area (Å²) in [4.78, 5) is 12.2. The highest BCUT2D eigenvalue weighted by molar-refractivity contribution is 7.92. The summed E-state index contributed by atoms with van der Waals surface area (Å²) in [6.45, 7) is 4.21. The molecule has 8 heteroatoms. The zero-order valence-corrected chi connectivity index (χ0v) is 17.3. The smallest absolute Gasteiger partial charge is 0.316 e. The van der Waals surface area contributed by atoms with Gasteiger partial charge in [-0.3, -0.25) is 9.52 Å². The Kier molecular flexibility index (Phi) is 5.86. The lowest BCUT2D eigenvalue weighted by molar-refractivity contribution is -0.146. The van der Waals surface area contributed by atoms with E-state index >= 15 is 0 Å². The molecular weight excluding hydrogens is 402 g/mol. The lowest BCUT2D eigenvalue weighted by Crippen LogP contribution is -2.23. The van der Waals surface area contributed by atoms with Gasteiger partial charge >= 0.3 is 5.97 Å². The molecule has 2 aromatic rings. The van der Waals surface area contributed by atoms with Gasteiger partial charge in [-0.25, -0.2) is 8.42 Å². The lowest BCUT2D eigenvalue weighted by Gasteiger charge is -2.16. The van der Waals surface area contributed by atoms with E-state index in [-0.39, 0.29) is 16.6 Å². The predicted octanol–water partition coefficient (Wildman–Crippen LogP) is 4.13. The number of hydrogen-bond donors (Lipinski definition) is 1. The van der Waals surface area contributed by atoms with Gasteiger partial charge in [-0.2, -0.15) is 0 Å². The summed E-state index contributed by atoms with van der Waals surface area (Å²) in [5, 5.41) is 0.296. The molecule has 1 aliphatic carbocycles. The fourth-order valence-electron chi connectivity index (χ4n) is 3.04. The third-order valence-corrected chi connectivity index (χ3v) is 6.24. The summed E-state index contributed by atoms with van der Waals surface area (Å²) in [6.07, 6.45) is 1.47. The number of anilines is 1. The zero-order valence-electron chi connectivity index (χ0n) is 15.7. The van der Waals surface area contributed by atoms with Crippen LogP contribution in [-0.2, 0) is 25.0 Å². The number of nitrogens with one attached hydrogen (secondary N) is 1. The summed E-state index contributed by atoms with van der Waals surface area (Å²) < 4.78 is 38.7. The number of carbonyl (C=O) groups excluding carboxylic acids is 1. The van der Waals surface area contributed by atoms with Crippen LogP contribution in [0.4, 0.5) is 5.69 Å². The Morgan fingerprint density at radius 1 is 1.11 bits per heavy atom. The molecule has 0 aliphatic heterocycles. The summed E-state index contributed by atoms with van der Waals surface area (Å²) in [6, 6.07) is 11.2. The molecule has 150 valence electrons. The predicted molar refractivity (Wildman–Crippen MR) is 107 cm³/mol. The van der Waals surface area contributed by atoms with E-state index in [1.807, 2.05) is 0 Å². The van der Waals surface area contributed by atoms with E-state index in [1.165, 1.54) is 12.1 Å². The average Bonchev–Trinajstić information content (AvgIpc) is 3.46. The van der Waals surface area contributed by atoms with Crippen LogP contribution in [0.1, 0.15) is 32.3 Å². The van der Waals surface area contributed by atoms with Crippen LogP contribution in [0.3, 0.4) is 0 Å². The largest absolute Gasteiger partial charge is 0.492 e. The standard InChI is InChI=1S/C20H22ClNO5S/c1-3-26-17-10-7-15(21)13-18(17)28(24,25)22-16-8-5-14(6-9-16)20(11-12-20)19(23)27-4-2/h5-10,13,22H,3-4,11-12H2,1-2H3. The quantitative estimate of drug-likeness (QED) is 0.645. The van der Waals surface area contributed by atoms with E-state index in [4.69, 9.17) is 21.1 Å². The lowest BCUT2D eigenvalue weighted by atomic mass is 9.96. The number of rotatable bonds is 8. The monoisotopic (exact) mass is 423 g/mol. The number of benzene rings is 2. The van der Waals surface area contributed by atoms with Gasteiger partial charge in [0, 0.05) is 10.7 Å². The van der Waals surface area contributed by atoms with E-state index in [0.717, 1.165) is 18.4 Å². The molecule has 1 fully saturated rings. The van der Waals surface area contributed by atoms with Crippen LogP contribution in [0.15, 0.2) is 47.4 Å². The number of carbonyl (C=O) groups is 1. The number of sulfonamides is 1. The number of hydrogen-bond acceptors (Lipinski definition) is 5. The van der Waals surface area contributed by atoms with Crippen molar-refractivity contribution in [3.63, 3.8) is 0 Å². The van der Waals surface area contributed by atoms with Gasteiger partial charge in [0.05, 0.1) is 18.6 Å². The molecule has 0 spiro atoms. The van der Waals surface area contributed by atoms with Gasteiger partial charge in [0.15, 0.2) is 0 Å². The third-order valence-electron chi connectivity index (χ3n) is 4.60. The van der Waals surface area contributed by atoms with Crippen LogP contribution >= 0.6 is 11.6 Å². The van der Waals surface area contributed by atoms with Gasteiger partial charge in [0.1, 0.15) is 10.6 Å². The molecule has 6 nitrogen and oxygen atoms in total. The number of esters is 1. The summed E-state index contributed by atoms with van der Waals surface area (Å²) >= 11 is 5.97. The van der Waals surface area contributed by atoms with Gasteiger partial charge < -0.3 is 9.47 Å². The highest BCUT2D eigenvalue weighted by atomic mass is 35.5. The maximum Gasteiger partial charge on any atom is 0.316 e. The van der Waals surface area contributed by atoms with Crippen molar-refractivity contribution in [2.75, 3.05) is 17.9 Å². The van der Waals surface area contributed by atoms with Crippen molar-refractivity contribution in [2.45, 2.75) is 37.0 Å². The van der Waals surface area contributed by atoms with E-state index < -0.39 is 15.4 Å². The summed E-state index contributed by atoms with van der Waals surface area (Å²) in [5.41, 5.74) is 0.611. The van der Waals surface area contributed by atoms with Crippen molar-refractivity contribution in [3.8, 4) is 5.75 Å². The van der Waals surface area contributed by atoms with E-state index in [0.29, 0.717) is 23.9 Å². The molecule has 2 aromatic carbocycles. The van der Waals surface area contributed by atoms with Gasteiger partial charge in [0.2, 0.25) is 0 Å². The topological polar surface area (TPSA) is 81.7 Å². The Balaban J connectivity index is 1.83. The van der Waals surface area contributed by atoms with Gasteiger partial charge in [-0.05, 0) is 62.6 Å². The Hall–Kier alpha value is -2.25. The Labute approximate surface area is 169 Å². The zero-order chi connectivity index (χ0) is 20.4. The van der Waals surface area contributed by atoms with Crippen LogP contribution in [0.2, 0.25) is 5.02 Å². The normalized spacial score (nSPS) is 15.0.